The highest BCUT2D eigenvalue weighted by atomic mass is 32.1. The Hall–Kier alpha value is -1.04. The molecule has 0 spiro atoms. The molecule has 0 radical (unpaired) electrons. The Bertz CT molecular complexity index is 340. The van der Waals surface area contributed by atoms with E-state index in [1.54, 1.807) is 4.90 Å². The number of piperazine rings is 1. The first-order valence-electron chi connectivity index (χ1n) is 5.89. The highest BCUT2D eigenvalue weighted by molar-refractivity contribution is 7.80. The van der Waals surface area contributed by atoms with Gasteiger partial charge in [-0.1, -0.05) is 0 Å². The van der Waals surface area contributed by atoms with E-state index in [1.807, 2.05) is 20.8 Å². The van der Waals surface area contributed by atoms with Gasteiger partial charge in [0.05, 0.1) is 6.04 Å². The van der Waals surface area contributed by atoms with Crippen LogP contribution >= 0.6 is 12.2 Å². The Morgan fingerprint density at radius 1 is 1.47 bits per heavy atom. The fourth-order valence-electron chi connectivity index (χ4n) is 2.10. The number of hydrogen-bond donors (Lipinski definition) is 1. The number of hydrogen-bond acceptors (Lipinski definition) is 3. The van der Waals surface area contributed by atoms with Gasteiger partial charge in [0.2, 0.25) is 0 Å². The SMILES string of the molecule is CC(C)(C)OC(=O)N1CCN2C(=S)NC[C@@H]2C1. The first kappa shape index (κ1) is 12.4. The molecule has 1 amide bonds. The molecule has 0 aromatic heterocycles. The molecule has 17 heavy (non-hydrogen) atoms. The molecule has 2 aliphatic heterocycles. The van der Waals surface area contributed by atoms with Crippen molar-refractivity contribution in [2.24, 2.45) is 0 Å². The van der Waals surface area contributed by atoms with E-state index >= 15 is 0 Å². The van der Waals surface area contributed by atoms with Crippen LogP contribution in [0.25, 0.3) is 0 Å². The summed E-state index contributed by atoms with van der Waals surface area (Å²) in [5.74, 6) is 0. The monoisotopic (exact) mass is 257 g/mol. The van der Waals surface area contributed by atoms with E-state index in [0.717, 1.165) is 18.2 Å². The standard InChI is InChI=1S/C11H19N3O2S/c1-11(2,3)16-10(15)13-4-5-14-8(7-13)6-12-9(14)17/h8H,4-7H2,1-3H3,(H,12,17)/t8-/m1/s1. The van der Waals surface area contributed by atoms with Gasteiger partial charge >= 0.3 is 6.09 Å². The van der Waals surface area contributed by atoms with Crippen LogP contribution in [-0.2, 0) is 4.74 Å². The minimum atomic E-state index is -0.433. The van der Waals surface area contributed by atoms with E-state index in [9.17, 15) is 4.79 Å². The maximum atomic E-state index is 11.9. The van der Waals surface area contributed by atoms with Crippen molar-refractivity contribution in [1.82, 2.24) is 15.1 Å². The number of fused-ring (bicyclic) bond motifs is 1. The van der Waals surface area contributed by atoms with Crippen molar-refractivity contribution < 1.29 is 9.53 Å². The molecule has 5 nitrogen and oxygen atoms in total. The van der Waals surface area contributed by atoms with Gasteiger partial charge in [-0.15, -0.1) is 0 Å². The Morgan fingerprint density at radius 2 is 2.18 bits per heavy atom. The highest BCUT2D eigenvalue weighted by Gasteiger charge is 2.36. The normalized spacial score (nSPS) is 24.4. The lowest BCUT2D eigenvalue weighted by molar-refractivity contribution is 0.0143. The molecule has 0 unspecified atom stereocenters. The van der Waals surface area contributed by atoms with Gasteiger partial charge in [-0.2, -0.15) is 0 Å². The predicted molar refractivity (Wildman–Crippen MR) is 68.9 cm³/mol. The number of nitrogens with zero attached hydrogens (tertiary/aromatic N) is 2. The van der Waals surface area contributed by atoms with Crippen molar-refractivity contribution in [3.05, 3.63) is 0 Å². The van der Waals surface area contributed by atoms with E-state index in [0.29, 0.717) is 19.1 Å². The maximum Gasteiger partial charge on any atom is 0.410 e. The third-order valence-corrected chi connectivity index (χ3v) is 3.26. The summed E-state index contributed by atoms with van der Waals surface area (Å²) in [5, 5.41) is 3.95. The zero-order valence-electron chi connectivity index (χ0n) is 10.5. The molecule has 1 N–H and O–H groups in total. The van der Waals surface area contributed by atoms with E-state index in [1.165, 1.54) is 0 Å². The second kappa shape index (κ2) is 4.33. The molecule has 6 heteroatoms. The van der Waals surface area contributed by atoms with Crippen LogP contribution in [0, 0.1) is 0 Å². The van der Waals surface area contributed by atoms with Crippen LogP contribution in [0.15, 0.2) is 0 Å². The average Bonchev–Trinajstić information content (AvgIpc) is 2.57. The summed E-state index contributed by atoms with van der Waals surface area (Å²) in [5.41, 5.74) is -0.433. The third-order valence-electron chi connectivity index (χ3n) is 2.88. The van der Waals surface area contributed by atoms with Crippen molar-refractivity contribution in [2.75, 3.05) is 26.2 Å². The number of carbonyl (C=O) groups excluding carboxylic acids is 1. The molecule has 0 bridgehead atoms. The lowest BCUT2D eigenvalue weighted by Crippen LogP contribution is -2.54. The Labute approximate surface area is 107 Å². The summed E-state index contributed by atoms with van der Waals surface area (Å²) in [7, 11) is 0. The van der Waals surface area contributed by atoms with Crippen LogP contribution in [0.1, 0.15) is 20.8 Å². The zero-order valence-corrected chi connectivity index (χ0v) is 11.3. The number of thiocarbonyl (C=S) groups is 1. The number of amides is 1. The van der Waals surface area contributed by atoms with E-state index in [2.05, 4.69) is 10.2 Å². The first-order valence-corrected chi connectivity index (χ1v) is 6.30. The largest absolute Gasteiger partial charge is 0.444 e. The van der Waals surface area contributed by atoms with Gasteiger partial charge in [-0.3, -0.25) is 0 Å². The summed E-state index contributed by atoms with van der Waals surface area (Å²) in [4.78, 5) is 15.8. The molecule has 0 aliphatic carbocycles. The molecule has 96 valence electrons. The number of rotatable bonds is 0. The van der Waals surface area contributed by atoms with E-state index < -0.39 is 5.60 Å². The van der Waals surface area contributed by atoms with Gasteiger partial charge in [0.15, 0.2) is 5.11 Å². The van der Waals surface area contributed by atoms with Crippen LogP contribution in [0.5, 0.6) is 0 Å². The predicted octanol–water partition coefficient (Wildman–Crippen LogP) is 0.796. The molecular weight excluding hydrogens is 238 g/mol. The van der Waals surface area contributed by atoms with Crippen LogP contribution in [0.4, 0.5) is 4.79 Å². The van der Waals surface area contributed by atoms with Gasteiger partial charge in [-0.25, -0.2) is 4.79 Å². The van der Waals surface area contributed by atoms with Gasteiger partial charge in [0.25, 0.3) is 0 Å². The van der Waals surface area contributed by atoms with E-state index in [-0.39, 0.29) is 6.09 Å². The molecule has 0 aromatic carbocycles. The van der Waals surface area contributed by atoms with Gasteiger partial charge in [0, 0.05) is 26.2 Å². The summed E-state index contributed by atoms with van der Waals surface area (Å²) < 4.78 is 5.37. The fraction of sp³-hybridized carbons (Fsp3) is 0.818. The van der Waals surface area contributed by atoms with Crippen LogP contribution in [0.3, 0.4) is 0 Å². The van der Waals surface area contributed by atoms with Crippen molar-refractivity contribution in [3.63, 3.8) is 0 Å². The third kappa shape index (κ3) is 2.80. The smallest absolute Gasteiger partial charge is 0.410 e. The molecule has 2 aliphatic rings. The number of ether oxygens (including phenoxy) is 1. The molecular formula is C11H19N3O2S. The molecule has 2 saturated heterocycles. The van der Waals surface area contributed by atoms with Crippen molar-refractivity contribution >= 4 is 23.4 Å². The van der Waals surface area contributed by atoms with Gasteiger partial charge in [-0.05, 0) is 33.0 Å². The summed E-state index contributed by atoms with van der Waals surface area (Å²) in [6.07, 6.45) is -0.227. The maximum absolute atomic E-state index is 11.9. The lowest BCUT2D eigenvalue weighted by atomic mass is 10.2. The fourth-order valence-corrected chi connectivity index (χ4v) is 2.42. The van der Waals surface area contributed by atoms with Gasteiger partial charge < -0.3 is 19.9 Å². The van der Waals surface area contributed by atoms with Crippen molar-refractivity contribution in [3.8, 4) is 0 Å². The summed E-state index contributed by atoms with van der Waals surface area (Å²) in [6.45, 7) is 8.61. The minimum Gasteiger partial charge on any atom is -0.444 e. The van der Waals surface area contributed by atoms with Crippen LogP contribution in [0.2, 0.25) is 0 Å². The van der Waals surface area contributed by atoms with E-state index in [4.69, 9.17) is 17.0 Å². The number of carbonyl (C=O) groups is 1. The molecule has 0 saturated carbocycles. The second-order valence-electron chi connectivity index (χ2n) is 5.46. The van der Waals surface area contributed by atoms with Crippen molar-refractivity contribution in [1.29, 1.82) is 0 Å². The second-order valence-corrected chi connectivity index (χ2v) is 5.85. The van der Waals surface area contributed by atoms with Crippen LogP contribution < -0.4 is 5.32 Å². The zero-order chi connectivity index (χ0) is 12.6. The molecule has 1 atom stereocenters. The minimum absolute atomic E-state index is 0.227. The molecule has 2 rings (SSSR count). The first-order chi connectivity index (χ1) is 7.87. The van der Waals surface area contributed by atoms with Crippen molar-refractivity contribution in [2.45, 2.75) is 32.4 Å². The molecule has 2 heterocycles. The quantitative estimate of drug-likeness (QED) is 0.650. The molecule has 2 fully saturated rings. The van der Waals surface area contributed by atoms with Gasteiger partial charge in [0.1, 0.15) is 5.60 Å². The summed E-state index contributed by atoms with van der Waals surface area (Å²) >= 11 is 5.19. The number of nitrogens with one attached hydrogen (secondary N) is 1. The topological polar surface area (TPSA) is 44.8 Å². The highest BCUT2D eigenvalue weighted by Crippen LogP contribution is 2.17. The summed E-state index contributed by atoms with van der Waals surface area (Å²) in [6, 6.07) is 0.295. The molecule has 0 aromatic rings. The Kier molecular flexibility index (Phi) is 3.16. The lowest BCUT2D eigenvalue weighted by Gasteiger charge is -2.37. The average molecular weight is 257 g/mol. The van der Waals surface area contributed by atoms with Crippen LogP contribution in [-0.4, -0.2) is 58.8 Å². The Balaban J connectivity index is 1.93. The Morgan fingerprint density at radius 3 is 2.82 bits per heavy atom.